The molecule has 0 aromatic heterocycles. The molecule has 1 nitrogen and oxygen atoms in total. The molecule has 0 saturated heterocycles. The summed E-state index contributed by atoms with van der Waals surface area (Å²) in [5, 5.41) is 0. The lowest BCUT2D eigenvalue weighted by Crippen LogP contribution is -2.05. The number of hydrogen-bond donors (Lipinski definition) is 0. The monoisotopic (exact) mass is 174 g/mol. The molecule has 66 valence electrons. The fraction of sp³-hybridized carbons (Fsp3) is 1.00. The highest BCUT2D eigenvalue weighted by Crippen LogP contribution is 2.37. The molecule has 4 unspecified atom stereocenters. The predicted octanol–water partition coefficient (Wildman–Crippen LogP) is 2.87. The van der Waals surface area contributed by atoms with Crippen LogP contribution in [0.5, 0.6) is 0 Å². The second-order valence-corrected chi connectivity index (χ2v) is 4.31. The molecule has 0 aromatic rings. The van der Waals surface area contributed by atoms with Crippen LogP contribution in [0.15, 0.2) is 0 Å². The minimum absolute atomic E-state index is 0.909. The Morgan fingerprint density at radius 2 is 2.09 bits per heavy atom. The molecule has 0 bridgehead atoms. The third-order valence-corrected chi connectivity index (χ3v) is 3.13. The first-order chi connectivity index (χ1) is 5.24. The zero-order valence-electron chi connectivity index (χ0n) is 7.55. The summed E-state index contributed by atoms with van der Waals surface area (Å²) < 4.78 is 5.00. The van der Waals surface area contributed by atoms with Crippen molar-refractivity contribution in [3.8, 4) is 0 Å². The fourth-order valence-electron chi connectivity index (χ4n) is 2.29. The van der Waals surface area contributed by atoms with Gasteiger partial charge in [-0.25, -0.2) is 0 Å². The molecule has 4 atom stereocenters. The van der Waals surface area contributed by atoms with E-state index >= 15 is 0 Å². The van der Waals surface area contributed by atoms with Gasteiger partial charge in [0.2, 0.25) is 0 Å². The summed E-state index contributed by atoms with van der Waals surface area (Å²) in [7, 11) is 2.33. The molecule has 1 rings (SSSR count). The largest absolute Gasteiger partial charge is 0.366 e. The van der Waals surface area contributed by atoms with Crippen LogP contribution in [0.25, 0.3) is 0 Å². The van der Waals surface area contributed by atoms with Gasteiger partial charge in [-0.2, -0.15) is 0 Å². The Hall–Kier alpha value is 0.390. The Labute approximate surface area is 72.2 Å². The van der Waals surface area contributed by atoms with Crippen molar-refractivity contribution in [2.75, 3.05) is 6.61 Å². The van der Waals surface area contributed by atoms with Crippen molar-refractivity contribution >= 4 is 9.47 Å². The van der Waals surface area contributed by atoms with Crippen molar-refractivity contribution in [1.82, 2.24) is 0 Å². The predicted molar refractivity (Wildman–Crippen MR) is 51.3 cm³/mol. The summed E-state index contributed by atoms with van der Waals surface area (Å²) in [6.07, 6.45) is 4.08. The van der Waals surface area contributed by atoms with E-state index in [1.807, 2.05) is 0 Å². The van der Waals surface area contributed by atoms with Crippen LogP contribution in [-0.4, -0.2) is 6.61 Å². The van der Waals surface area contributed by atoms with Crippen LogP contribution in [-0.2, 0) is 4.52 Å². The fourth-order valence-corrected chi connectivity index (χ4v) is 2.43. The molecule has 0 N–H and O–H groups in total. The van der Waals surface area contributed by atoms with E-state index in [-0.39, 0.29) is 0 Å². The minimum atomic E-state index is 0.909. The van der Waals surface area contributed by atoms with Crippen LogP contribution >= 0.6 is 9.47 Å². The maximum Gasteiger partial charge on any atom is 0.0504 e. The molecule has 2 heteroatoms. The van der Waals surface area contributed by atoms with Gasteiger partial charge in [0.1, 0.15) is 0 Å². The summed E-state index contributed by atoms with van der Waals surface area (Å²) >= 11 is 0. The van der Waals surface area contributed by atoms with Gasteiger partial charge in [0.05, 0.1) is 6.61 Å². The lowest BCUT2D eigenvalue weighted by atomic mass is 9.95. The molecule has 0 amide bonds. The minimum Gasteiger partial charge on any atom is -0.366 e. The number of hydrogen-bond acceptors (Lipinski definition) is 1. The first-order valence-electron chi connectivity index (χ1n) is 4.55. The van der Waals surface area contributed by atoms with Gasteiger partial charge < -0.3 is 4.52 Å². The first-order valence-corrected chi connectivity index (χ1v) is 5.03. The molecule has 0 radical (unpaired) electrons. The van der Waals surface area contributed by atoms with E-state index in [4.69, 9.17) is 4.52 Å². The summed E-state index contributed by atoms with van der Waals surface area (Å²) in [6, 6.07) is 0. The Balaban J connectivity index is 2.23. The van der Waals surface area contributed by atoms with Crippen LogP contribution in [0.3, 0.4) is 0 Å². The van der Waals surface area contributed by atoms with Crippen molar-refractivity contribution in [1.29, 1.82) is 0 Å². The Kier molecular flexibility index (Phi) is 3.81. The van der Waals surface area contributed by atoms with E-state index in [9.17, 15) is 0 Å². The summed E-state index contributed by atoms with van der Waals surface area (Å²) in [6.45, 7) is 5.64. The standard InChI is InChI=1S/C9H19OP/c1-7-5-8(2)9(6-7)3-4-10-11/h7-9H,3-6,11H2,1-2H3. The van der Waals surface area contributed by atoms with Crippen molar-refractivity contribution in [2.45, 2.75) is 33.1 Å². The Bertz CT molecular complexity index is 116. The maximum atomic E-state index is 5.00. The molecule has 1 fully saturated rings. The summed E-state index contributed by atoms with van der Waals surface area (Å²) in [4.78, 5) is 0. The second kappa shape index (κ2) is 4.42. The van der Waals surface area contributed by atoms with Gasteiger partial charge in [-0.3, -0.25) is 0 Å². The summed E-state index contributed by atoms with van der Waals surface area (Å²) in [5.74, 6) is 2.79. The SMILES string of the molecule is CC1CC(C)C(CCOP)C1. The van der Waals surface area contributed by atoms with Crippen LogP contribution in [0.1, 0.15) is 33.1 Å². The molecule has 1 aliphatic carbocycles. The lowest BCUT2D eigenvalue weighted by molar-refractivity contribution is 0.287. The highest BCUT2D eigenvalue weighted by molar-refractivity contribution is 7.09. The molecule has 1 aliphatic rings. The van der Waals surface area contributed by atoms with Gasteiger partial charge >= 0.3 is 0 Å². The van der Waals surface area contributed by atoms with Crippen molar-refractivity contribution < 1.29 is 4.52 Å². The van der Waals surface area contributed by atoms with Crippen LogP contribution in [0.2, 0.25) is 0 Å². The first kappa shape index (κ1) is 9.48. The highest BCUT2D eigenvalue weighted by atomic mass is 31.0. The number of rotatable bonds is 3. The Morgan fingerprint density at radius 1 is 1.36 bits per heavy atom. The van der Waals surface area contributed by atoms with E-state index in [0.29, 0.717) is 0 Å². The average molecular weight is 174 g/mol. The van der Waals surface area contributed by atoms with Crippen LogP contribution in [0.4, 0.5) is 0 Å². The van der Waals surface area contributed by atoms with Crippen molar-refractivity contribution in [3.05, 3.63) is 0 Å². The third-order valence-electron chi connectivity index (χ3n) is 2.89. The molecule has 0 aromatic carbocycles. The molecule has 1 saturated carbocycles. The van der Waals surface area contributed by atoms with Gasteiger partial charge in [0, 0.05) is 9.47 Å². The maximum absolute atomic E-state index is 5.00. The third kappa shape index (κ3) is 2.72. The highest BCUT2D eigenvalue weighted by Gasteiger charge is 2.27. The quantitative estimate of drug-likeness (QED) is 0.598. The van der Waals surface area contributed by atoms with Gasteiger partial charge in [0.15, 0.2) is 0 Å². The van der Waals surface area contributed by atoms with Crippen LogP contribution in [0, 0.1) is 17.8 Å². The molecule has 0 spiro atoms. The summed E-state index contributed by atoms with van der Waals surface area (Å²) in [5.41, 5.74) is 0. The van der Waals surface area contributed by atoms with E-state index in [1.54, 1.807) is 0 Å². The molecular formula is C9H19OP. The average Bonchev–Trinajstić information content (AvgIpc) is 2.26. The van der Waals surface area contributed by atoms with Gasteiger partial charge in [-0.1, -0.05) is 13.8 Å². The second-order valence-electron chi connectivity index (χ2n) is 3.97. The van der Waals surface area contributed by atoms with Gasteiger partial charge in [-0.15, -0.1) is 0 Å². The van der Waals surface area contributed by atoms with E-state index in [1.165, 1.54) is 19.3 Å². The van der Waals surface area contributed by atoms with E-state index in [0.717, 1.165) is 24.4 Å². The normalized spacial score (nSPS) is 37.9. The smallest absolute Gasteiger partial charge is 0.0504 e. The van der Waals surface area contributed by atoms with E-state index in [2.05, 4.69) is 23.3 Å². The molecule has 11 heavy (non-hydrogen) atoms. The molecule has 0 heterocycles. The van der Waals surface area contributed by atoms with Crippen molar-refractivity contribution in [3.63, 3.8) is 0 Å². The van der Waals surface area contributed by atoms with E-state index < -0.39 is 0 Å². The van der Waals surface area contributed by atoms with Crippen molar-refractivity contribution in [2.24, 2.45) is 17.8 Å². The van der Waals surface area contributed by atoms with Crippen LogP contribution < -0.4 is 0 Å². The molecular weight excluding hydrogens is 155 g/mol. The topological polar surface area (TPSA) is 9.23 Å². The molecule has 0 aliphatic heterocycles. The lowest BCUT2D eigenvalue weighted by Gasteiger charge is -2.13. The zero-order valence-corrected chi connectivity index (χ0v) is 8.70. The zero-order chi connectivity index (χ0) is 8.27. The Morgan fingerprint density at radius 3 is 2.55 bits per heavy atom. The van der Waals surface area contributed by atoms with Gasteiger partial charge in [0.25, 0.3) is 0 Å². The van der Waals surface area contributed by atoms with Gasteiger partial charge in [-0.05, 0) is 37.0 Å².